The van der Waals surface area contributed by atoms with E-state index in [0.717, 1.165) is 25.5 Å². The highest BCUT2D eigenvalue weighted by molar-refractivity contribution is 5.94. The summed E-state index contributed by atoms with van der Waals surface area (Å²) in [6, 6.07) is 0.624. The predicted octanol–water partition coefficient (Wildman–Crippen LogP) is 2.72. The Balaban J connectivity index is 2.34. The number of fused-ring (bicyclic) bond motifs is 1. The van der Waals surface area contributed by atoms with Gasteiger partial charge in [0.25, 0.3) is 0 Å². The molecule has 134 valence electrons. The molecule has 8 heteroatoms. The number of hydrogen-bond donors (Lipinski definition) is 0. The van der Waals surface area contributed by atoms with Crippen LogP contribution in [-0.2, 0) is 4.74 Å². The van der Waals surface area contributed by atoms with Gasteiger partial charge in [-0.1, -0.05) is 0 Å². The van der Waals surface area contributed by atoms with Crippen LogP contribution in [-0.4, -0.2) is 30.3 Å². The average Bonchev–Trinajstić information content (AvgIpc) is 2.61. The van der Waals surface area contributed by atoms with Gasteiger partial charge >= 0.3 is 5.97 Å². The van der Waals surface area contributed by atoms with E-state index in [2.05, 4.69) is 0 Å². The Morgan fingerprint density at radius 3 is 2.48 bits per heavy atom. The number of carbonyl (C=O) groups excluding carboxylic acids is 1. The second kappa shape index (κ2) is 6.78. The molecule has 0 radical (unpaired) electrons. The summed E-state index contributed by atoms with van der Waals surface area (Å²) in [5.74, 6) is -5.46. The van der Waals surface area contributed by atoms with Gasteiger partial charge in [-0.05, 0) is 32.3 Å². The molecule has 25 heavy (non-hydrogen) atoms. The Morgan fingerprint density at radius 2 is 1.84 bits per heavy atom. The molecule has 0 amide bonds. The second-order valence-corrected chi connectivity index (χ2v) is 5.83. The summed E-state index contributed by atoms with van der Waals surface area (Å²) in [7, 11) is 0. The number of pyridine rings is 1. The first-order valence-corrected chi connectivity index (χ1v) is 8.11. The van der Waals surface area contributed by atoms with Crippen molar-refractivity contribution in [3.05, 3.63) is 45.5 Å². The Kier molecular flexibility index (Phi) is 4.69. The minimum Gasteiger partial charge on any atom is -0.462 e. The van der Waals surface area contributed by atoms with Gasteiger partial charge in [0.2, 0.25) is 5.43 Å². The maximum atomic E-state index is 14.4. The number of piperidine rings is 1. The van der Waals surface area contributed by atoms with Gasteiger partial charge in [0.1, 0.15) is 11.1 Å². The van der Waals surface area contributed by atoms with E-state index in [1.54, 1.807) is 11.9 Å². The van der Waals surface area contributed by atoms with E-state index in [1.165, 1.54) is 4.68 Å². The number of aromatic nitrogens is 1. The molecular weight excluding hydrogens is 337 g/mol. The summed E-state index contributed by atoms with van der Waals surface area (Å²) in [5, 5.41) is 1.31. The SMILES string of the molecule is CCOC(=O)c1cn(N2CCCCC2)c2c(F)c(F)c(F)cc2c1=O. The van der Waals surface area contributed by atoms with Gasteiger partial charge in [0.05, 0.1) is 12.0 Å². The van der Waals surface area contributed by atoms with Gasteiger partial charge < -0.3 is 9.75 Å². The smallest absolute Gasteiger partial charge is 0.343 e. The van der Waals surface area contributed by atoms with Crippen molar-refractivity contribution in [2.24, 2.45) is 0 Å². The van der Waals surface area contributed by atoms with Crippen LogP contribution in [0.3, 0.4) is 0 Å². The molecule has 1 aliphatic rings. The molecule has 1 fully saturated rings. The fraction of sp³-hybridized carbons (Fsp3) is 0.412. The Labute approximate surface area is 141 Å². The molecular formula is C17H17F3N2O3. The van der Waals surface area contributed by atoms with Crippen molar-refractivity contribution in [2.45, 2.75) is 26.2 Å². The van der Waals surface area contributed by atoms with E-state index < -0.39 is 34.2 Å². The Hall–Kier alpha value is -2.51. The molecule has 0 aliphatic carbocycles. The van der Waals surface area contributed by atoms with Crippen LogP contribution in [0.4, 0.5) is 13.2 Å². The zero-order valence-electron chi connectivity index (χ0n) is 13.7. The molecule has 0 bridgehead atoms. The van der Waals surface area contributed by atoms with Gasteiger partial charge in [-0.3, -0.25) is 9.47 Å². The van der Waals surface area contributed by atoms with Crippen LogP contribution < -0.4 is 10.4 Å². The fourth-order valence-electron chi connectivity index (χ4n) is 3.04. The van der Waals surface area contributed by atoms with Crippen molar-refractivity contribution in [3.8, 4) is 0 Å². The molecule has 3 rings (SSSR count). The lowest BCUT2D eigenvalue weighted by molar-refractivity contribution is 0.0524. The van der Waals surface area contributed by atoms with Gasteiger partial charge in [0.15, 0.2) is 17.5 Å². The number of hydrogen-bond acceptors (Lipinski definition) is 4. The molecule has 1 saturated heterocycles. The van der Waals surface area contributed by atoms with Crippen molar-refractivity contribution in [1.29, 1.82) is 0 Å². The van der Waals surface area contributed by atoms with Crippen LogP contribution in [0.15, 0.2) is 17.1 Å². The zero-order valence-corrected chi connectivity index (χ0v) is 13.7. The second-order valence-electron chi connectivity index (χ2n) is 5.83. The van der Waals surface area contributed by atoms with Crippen molar-refractivity contribution in [2.75, 3.05) is 24.7 Å². The number of carbonyl (C=O) groups is 1. The van der Waals surface area contributed by atoms with Crippen LogP contribution in [0.25, 0.3) is 10.9 Å². The number of ether oxygens (including phenoxy) is 1. The van der Waals surface area contributed by atoms with E-state index in [9.17, 15) is 22.8 Å². The van der Waals surface area contributed by atoms with E-state index in [4.69, 9.17) is 4.74 Å². The Bertz CT molecular complexity index is 889. The van der Waals surface area contributed by atoms with Crippen LogP contribution >= 0.6 is 0 Å². The molecule has 0 saturated carbocycles. The summed E-state index contributed by atoms with van der Waals surface area (Å²) < 4.78 is 47.9. The average molecular weight is 354 g/mol. The van der Waals surface area contributed by atoms with Crippen molar-refractivity contribution in [3.63, 3.8) is 0 Å². The largest absolute Gasteiger partial charge is 0.462 e. The van der Waals surface area contributed by atoms with Gasteiger partial charge in [0, 0.05) is 19.3 Å². The van der Waals surface area contributed by atoms with Gasteiger partial charge in [-0.2, -0.15) is 0 Å². The summed E-state index contributed by atoms with van der Waals surface area (Å²) in [4.78, 5) is 24.6. The number of rotatable bonds is 3. The van der Waals surface area contributed by atoms with Gasteiger partial charge in [-0.25, -0.2) is 18.0 Å². The third-order valence-corrected chi connectivity index (χ3v) is 4.24. The van der Waals surface area contributed by atoms with E-state index in [0.29, 0.717) is 19.2 Å². The predicted molar refractivity (Wildman–Crippen MR) is 85.8 cm³/mol. The summed E-state index contributed by atoms with van der Waals surface area (Å²) in [5.41, 5.74) is -1.61. The van der Waals surface area contributed by atoms with Gasteiger partial charge in [-0.15, -0.1) is 0 Å². The number of esters is 1. The topological polar surface area (TPSA) is 51.5 Å². The molecule has 1 aromatic heterocycles. The molecule has 2 heterocycles. The molecule has 0 atom stereocenters. The molecule has 1 aromatic carbocycles. The van der Waals surface area contributed by atoms with Crippen molar-refractivity contribution >= 4 is 16.9 Å². The molecule has 2 aromatic rings. The lowest BCUT2D eigenvalue weighted by Crippen LogP contribution is -2.41. The van der Waals surface area contributed by atoms with E-state index >= 15 is 0 Å². The molecule has 0 N–H and O–H groups in total. The number of nitrogens with zero attached hydrogens (tertiary/aromatic N) is 2. The highest BCUT2D eigenvalue weighted by Gasteiger charge is 2.25. The molecule has 1 aliphatic heterocycles. The molecule has 0 unspecified atom stereocenters. The van der Waals surface area contributed by atoms with E-state index in [1.807, 2.05) is 0 Å². The number of halogens is 3. The minimum atomic E-state index is -1.65. The first kappa shape index (κ1) is 17.3. The minimum absolute atomic E-state index is 0.0478. The maximum Gasteiger partial charge on any atom is 0.343 e. The third kappa shape index (κ3) is 2.96. The monoisotopic (exact) mass is 354 g/mol. The standard InChI is InChI=1S/C17H17F3N2O3/c1-2-25-17(24)11-9-22(21-6-4-3-5-7-21)15-10(16(11)23)8-12(18)13(19)14(15)20/h8-9H,2-7H2,1H3. The Morgan fingerprint density at radius 1 is 1.16 bits per heavy atom. The first-order valence-electron chi connectivity index (χ1n) is 8.11. The maximum absolute atomic E-state index is 14.4. The first-order chi connectivity index (χ1) is 12.0. The normalized spacial score (nSPS) is 14.8. The molecule has 5 nitrogen and oxygen atoms in total. The zero-order chi connectivity index (χ0) is 18.1. The van der Waals surface area contributed by atoms with Crippen LogP contribution in [0, 0.1) is 17.5 Å². The highest BCUT2D eigenvalue weighted by Crippen LogP contribution is 2.23. The quantitative estimate of drug-likeness (QED) is 0.628. The van der Waals surface area contributed by atoms with Crippen molar-refractivity contribution < 1.29 is 22.7 Å². The summed E-state index contributed by atoms with van der Waals surface area (Å²) in [6.07, 6.45) is 3.79. The summed E-state index contributed by atoms with van der Waals surface area (Å²) >= 11 is 0. The molecule has 0 spiro atoms. The number of benzene rings is 1. The summed E-state index contributed by atoms with van der Waals surface area (Å²) in [6.45, 7) is 2.71. The van der Waals surface area contributed by atoms with E-state index in [-0.39, 0.29) is 17.7 Å². The highest BCUT2D eigenvalue weighted by atomic mass is 19.2. The van der Waals surface area contributed by atoms with Crippen LogP contribution in [0.1, 0.15) is 36.5 Å². The fourth-order valence-corrected chi connectivity index (χ4v) is 3.04. The lowest BCUT2D eigenvalue weighted by atomic mass is 10.1. The third-order valence-electron chi connectivity index (χ3n) is 4.24. The van der Waals surface area contributed by atoms with Crippen LogP contribution in [0.2, 0.25) is 0 Å². The van der Waals surface area contributed by atoms with Crippen LogP contribution in [0.5, 0.6) is 0 Å². The lowest BCUT2D eigenvalue weighted by Gasteiger charge is -2.32. The van der Waals surface area contributed by atoms with Crippen molar-refractivity contribution in [1.82, 2.24) is 4.68 Å².